The summed E-state index contributed by atoms with van der Waals surface area (Å²) >= 11 is 6.13. The molecule has 2 aromatic heterocycles. The molecule has 0 atom stereocenters. The van der Waals surface area contributed by atoms with Crippen molar-refractivity contribution in [3.8, 4) is 0 Å². The van der Waals surface area contributed by atoms with Gasteiger partial charge in [-0.25, -0.2) is 0 Å². The Morgan fingerprint density at radius 3 is 1.48 bits per heavy atom. The molecule has 1 fully saturated rings. The van der Waals surface area contributed by atoms with E-state index >= 15 is 0 Å². The Bertz CT molecular complexity index is 3080. The second kappa shape index (κ2) is 12.9. The molecule has 0 amide bonds. The summed E-state index contributed by atoms with van der Waals surface area (Å²) in [5.41, 5.74) is 4.08. The molecule has 1 aliphatic heterocycles. The quantitative estimate of drug-likeness (QED) is 0.125. The summed E-state index contributed by atoms with van der Waals surface area (Å²) in [6.45, 7) is 8.33. The van der Waals surface area contributed by atoms with Gasteiger partial charge in [0.2, 0.25) is 0 Å². The normalized spacial score (nSPS) is 15.3. The van der Waals surface area contributed by atoms with Crippen LogP contribution in [0.4, 0.5) is 4.39 Å². The maximum absolute atomic E-state index is 9.96. The molecule has 54 heavy (non-hydrogen) atoms. The van der Waals surface area contributed by atoms with Gasteiger partial charge in [0.25, 0.3) is 0 Å². The van der Waals surface area contributed by atoms with Gasteiger partial charge < -0.3 is 18.1 Å². The van der Waals surface area contributed by atoms with E-state index in [1.54, 1.807) is 0 Å². The van der Waals surface area contributed by atoms with E-state index in [1.807, 2.05) is 42.5 Å². The summed E-state index contributed by atoms with van der Waals surface area (Å²) in [7, 11) is -1.36. The molecule has 3 heterocycles. The van der Waals surface area contributed by atoms with Crippen molar-refractivity contribution in [3.63, 3.8) is 0 Å². The van der Waals surface area contributed by atoms with Crippen LogP contribution in [-0.2, 0) is 9.31 Å². The fraction of sp³-hybridized carbons (Fsp3) is 0.149. The zero-order chi connectivity index (χ0) is 38.1. The Kier molecular flexibility index (Phi) is 7.92. The maximum atomic E-state index is 9.96. The van der Waals surface area contributed by atoms with Crippen LogP contribution >= 0.6 is 11.6 Å². The lowest BCUT2D eigenvalue weighted by molar-refractivity contribution is 0.00578. The highest BCUT2D eigenvalue weighted by atomic mass is 35.5. The Labute approximate surface area is 318 Å². The van der Waals surface area contributed by atoms with E-state index in [-0.39, 0.29) is 18.3 Å². The predicted molar refractivity (Wildman–Crippen MR) is 225 cm³/mol. The van der Waals surface area contributed by atoms with Gasteiger partial charge in [0.05, 0.1) is 19.7 Å². The topological polar surface area (TPSA) is 44.7 Å². The number of alkyl halides is 1. The van der Waals surface area contributed by atoms with Crippen molar-refractivity contribution < 1.29 is 23.9 Å². The van der Waals surface area contributed by atoms with Crippen molar-refractivity contribution in [2.75, 3.05) is 7.15 Å². The Balaban J connectivity index is 0.000000140. The van der Waals surface area contributed by atoms with Gasteiger partial charge in [-0.2, -0.15) is 0 Å². The molecule has 7 heteroatoms. The van der Waals surface area contributed by atoms with Gasteiger partial charge in [0.1, 0.15) is 22.3 Å². The van der Waals surface area contributed by atoms with Gasteiger partial charge in [0, 0.05) is 37.3 Å². The molecule has 0 radical (unpaired) electrons. The Morgan fingerprint density at radius 1 is 0.519 bits per heavy atom. The van der Waals surface area contributed by atoms with E-state index < -0.39 is 7.15 Å². The van der Waals surface area contributed by atoms with E-state index in [9.17, 15) is 4.39 Å². The molecule has 266 valence electrons. The number of rotatable bonds is 1. The fourth-order valence-corrected chi connectivity index (χ4v) is 7.95. The number of fused-ring (bicyclic) bond motifs is 14. The molecule has 10 aromatic rings. The van der Waals surface area contributed by atoms with Crippen LogP contribution in [0.1, 0.15) is 29.1 Å². The lowest BCUT2D eigenvalue weighted by atomic mass is 9.78. The van der Waals surface area contributed by atoms with Crippen LogP contribution in [-0.4, -0.2) is 25.5 Å². The minimum atomic E-state index is -1.00. The first kappa shape index (κ1) is 33.2. The minimum absolute atomic E-state index is 0.351. The fourth-order valence-electron chi connectivity index (χ4n) is 7.77. The highest BCUT2D eigenvalue weighted by Gasteiger charge is 2.51. The highest BCUT2D eigenvalue weighted by molar-refractivity contribution is 6.62. The van der Waals surface area contributed by atoms with Gasteiger partial charge in [-0.1, -0.05) is 109 Å². The molecule has 0 unspecified atom stereocenters. The number of hydrogen-bond acceptors (Lipinski definition) is 4. The Morgan fingerprint density at radius 2 is 0.944 bits per heavy atom. The van der Waals surface area contributed by atoms with Crippen molar-refractivity contribution in [2.45, 2.75) is 38.9 Å². The molecular weight excluding hydrogens is 694 g/mol. The molecule has 0 aliphatic carbocycles. The number of benzene rings is 8. The first-order chi connectivity index (χ1) is 26.6. The number of furan rings is 2. The summed E-state index contributed by atoms with van der Waals surface area (Å²) in [6.07, 6.45) is 0. The number of halogens is 2. The van der Waals surface area contributed by atoms with E-state index in [0.717, 1.165) is 75.9 Å². The lowest BCUT2D eigenvalue weighted by Crippen LogP contribution is -2.41. The molecule has 4 nitrogen and oxygen atoms in total. The molecule has 0 N–H and O–H groups in total. The third kappa shape index (κ3) is 5.43. The highest BCUT2D eigenvalue weighted by Crippen LogP contribution is 2.40. The molecule has 1 aliphatic rings. The standard InChI is InChI=1S/C26H23BO3.C20H11ClO.CH3F/c1-25(2)26(3,4)30-27(29-25)18-12-14-19-17(15-18)10-9-16-11-13-21-20-7-5-6-8-22(20)28-24(21)23(16)19;21-14-8-10-15-13(11-14)6-5-12-7-9-17-16-3-1-2-4-18(16)22-20(17)19(12)15;1-2/h5-15H,1-4H3;1-11H;1H3/i;;1D. The van der Waals surface area contributed by atoms with Crippen LogP contribution in [0, 0.1) is 0 Å². The molecule has 11 rings (SSSR count). The Hall–Kier alpha value is -5.40. The monoisotopic (exact) mass is 731 g/mol. The van der Waals surface area contributed by atoms with Gasteiger partial charge in [0.15, 0.2) is 0 Å². The summed E-state index contributed by atoms with van der Waals surface area (Å²) in [5, 5.41) is 14.7. The molecule has 0 spiro atoms. The summed E-state index contributed by atoms with van der Waals surface area (Å²) in [6, 6.07) is 46.1. The van der Waals surface area contributed by atoms with Crippen LogP contribution in [0.25, 0.3) is 87.0 Å². The molecule has 1 saturated heterocycles. The van der Waals surface area contributed by atoms with Crippen molar-refractivity contribution >= 4 is 111 Å². The van der Waals surface area contributed by atoms with E-state index in [4.69, 9.17) is 31.1 Å². The van der Waals surface area contributed by atoms with Crippen molar-refractivity contribution in [1.29, 1.82) is 0 Å². The smallest absolute Gasteiger partial charge is 0.455 e. The first-order valence-corrected chi connectivity index (χ1v) is 18.3. The third-order valence-electron chi connectivity index (χ3n) is 11.2. The van der Waals surface area contributed by atoms with E-state index in [2.05, 4.69) is 119 Å². The lowest BCUT2D eigenvalue weighted by Gasteiger charge is -2.32. The average Bonchev–Trinajstić information content (AvgIpc) is 3.82. The SMILES string of the molecule is CC1(C)OB(c2ccc3c(ccc4ccc5c6ccccc6oc5c43)c2)OC1(C)C.Clc1ccc2c(ccc3ccc4c5ccccc5oc4c32)c1.[2H]CF. The van der Waals surface area contributed by atoms with Gasteiger partial charge in [-0.3, -0.25) is 4.39 Å². The average molecular weight is 732 g/mol. The van der Waals surface area contributed by atoms with Gasteiger partial charge in [-0.15, -0.1) is 0 Å². The predicted octanol–water partition coefficient (Wildman–Crippen LogP) is 13.3. The van der Waals surface area contributed by atoms with Crippen LogP contribution in [0.2, 0.25) is 5.02 Å². The second-order valence-electron chi connectivity index (χ2n) is 14.8. The van der Waals surface area contributed by atoms with Crippen LogP contribution < -0.4 is 5.46 Å². The van der Waals surface area contributed by atoms with Crippen molar-refractivity contribution in [3.05, 3.63) is 138 Å². The molecule has 8 aromatic carbocycles. The van der Waals surface area contributed by atoms with E-state index in [1.165, 1.54) is 21.5 Å². The summed E-state index contributed by atoms with van der Waals surface area (Å²) < 4.78 is 40.5. The van der Waals surface area contributed by atoms with Crippen LogP contribution in [0.5, 0.6) is 0 Å². The van der Waals surface area contributed by atoms with Crippen molar-refractivity contribution in [1.82, 2.24) is 0 Å². The minimum Gasteiger partial charge on any atom is -0.455 e. The summed E-state index contributed by atoms with van der Waals surface area (Å²) in [4.78, 5) is 0. The zero-order valence-corrected chi connectivity index (χ0v) is 31.1. The first-order valence-electron chi connectivity index (χ1n) is 18.7. The second-order valence-corrected chi connectivity index (χ2v) is 15.3. The van der Waals surface area contributed by atoms with Crippen molar-refractivity contribution in [2.24, 2.45) is 0 Å². The molecule has 0 bridgehead atoms. The van der Waals surface area contributed by atoms with Gasteiger partial charge in [-0.05, 0) is 102 Å². The number of hydrogen-bond donors (Lipinski definition) is 0. The van der Waals surface area contributed by atoms with Crippen LogP contribution in [0.3, 0.4) is 0 Å². The third-order valence-corrected chi connectivity index (χ3v) is 11.4. The molecular formula is C47H37BClFO4. The molecule has 0 saturated carbocycles. The zero-order valence-electron chi connectivity index (χ0n) is 31.4. The summed E-state index contributed by atoms with van der Waals surface area (Å²) in [5.74, 6) is 0. The number of para-hydroxylation sites is 2. The van der Waals surface area contributed by atoms with Gasteiger partial charge >= 0.3 is 7.12 Å². The maximum Gasteiger partial charge on any atom is 0.494 e. The van der Waals surface area contributed by atoms with E-state index in [0.29, 0.717) is 0 Å². The van der Waals surface area contributed by atoms with Crippen LogP contribution in [0.15, 0.2) is 142 Å². The largest absolute Gasteiger partial charge is 0.494 e.